The number of sulfonamides is 1. The lowest BCUT2D eigenvalue weighted by Crippen LogP contribution is -2.48. The number of ether oxygens (including phenoxy) is 1. The molecule has 0 bridgehead atoms. The number of benzene rings is 2. The van der Waals surface area contributed by atoms with Gasteiger partial charge in [0.2, 0.25) is 15.9 Å². The molecular formula is C24H28N2O5S. The molecule has 0 spiro atoms. The highest BCUT2D eigenvalue weighted by molar-refractivity contribution is 7.89. The van der Waals surface area contributed by atoms with Crippen LogP contribution in [0.4, 0.5) is 5.69 Å². The average molecular weight is 457 g/mol. The molecule has 1 N–H and O–H groups in total. The maximum Gasteiger partial charge on any atom is 0.243 e. The third-order valence-electron chi connectivity index (χ3n) is 5.61. The van der Waals surface area contributed by atoms with E-state index in [4.69, 9.17) is 9.15 Å². The smallest absolute Gasteiger partial charge is 0.243 e. The summed E-state index contributed by atoms with van der Waals surface area (Å²) in [6.45, 7) is 8.38. The van der Waals surface area contributed by atoms with Gasteiger partial charge in [0.25, 0.3) is 0 Å². The highest BCUT2D eigenvalue weighted by Gasteiger charge is 2.32. The van der Waals surface area contributed by atoms with Crippen molar-refractivity contribution in [1.29, 1.82) is 0 Å². The van der Waals surface area contributed by atoms with E-state index in [9.17, 15) is 13.2 Å². The molecule has 1 aliphatic rings. The number of nitrogens with zero attached hydrogens (tertiary/aromatic N) is 1. The number of morpholine rings is 1. The van der Waals surface area contributed by atoms with Crippen LogP contribution in [0, 0.1) is 13.8 Å². The summed E-state index contributed by atoms with van der Waals surface area (Å²) >= 11 is 0. The fraction of sp³-hybridized carbons (Fsp3) is 0.375. The monoisotopic (exact) mass is 456 g/mol. The molecule has 7 nitrogen and oxygen atoms in total. The molecule has 170 valence electrons. The Balaban J connectivity index is 1.45. The van der Waals surface area contributed by atoms with E-state index >= 15 is 0 Å². The van der Waals surface area contributed by atoms with Crippen LogP contribution in [0.1, 0.15) is 30.5 Å². The lowest BCUT2D eigenvalue weighted by molar-refractivity contribution is -0.115. The second-order valence-electron chi connectivity index (χ2n) is 8.54. The number of carbonyl (C=O) groups excluding carboxylic acids is 1. The largest absolute Gasteiger partial charge is 0.464 e. The van der Waals surface area contributed by atoms with Crippen molar-refractivity contribution in [2.45, 2.75) is 51.2 Å². The Kier molecular flexibility index (Phi) is 6.11. The Morgan fingerprint density at radius 1 is 1.09 bits per heavy atom. The number of nitrogens with one attached hydrogen (secondary N) is 1. The molecule has 32 heavy (non-hydrogen) atoms. The van der Waals surface area contributed by atoms with Crippen LogP contribution in [-0.4, -0.2) is 43.9 Å². The normalized spacial score (nSPS) is 19.9. The fourth-order valence-electron chi connectivity index (χ4n) is 4.32. The first-order valence-electron chi connectivity index (χ1n) is 10.7. The van der Waals surface area contributed by atoms with Crippen molar-refractivity contribution in [2.24, 2.45) is 0 Å². The third-order valence-corrected chi connectivity index (χ3v) is 7.45. The first-order chi connectivity index (χ1) is 15.1. The fourth-order valence-corrected chi connectivity index (χ4v) is 5.91. The number of hydrogen-bond acceptors (Lipinski definition) is 5. The maximum absolute atomic E-state index is 13.0. The number of carbonyl (C=O) groups is 1. The summed E-state index contributed by atoms with van der Waals surface area (Å²) in [4.78, 5) is 12.8. The van der Waals surface area contributed by atoms with E-state index in [0.717, 1.165) is 27.7 Å². The summed E-state index contributed by atoms with van der Waals surface area (Å²) in [7, 11) is -3.62. The number of fused-ring (bicyclic) bond motifs is 1. The van der Waals surface area contributed by atoms with E-state index in [2.05, 4.69) is 11.4 Å². The third kappa shape index (κ3) is 4.57. The highest BCUT2D eigenvalue weighted by atomic mass is 32.2. The molecule has 1 saturated heterocycles. The second kappa shape index (κ2) is 8.69. The zero-order valence-corrected chi connectivity index (χ0v) is 19.5. The molecule has 0 radical (unpaired) electrons. The van der Waals surface area contributed by atoms with Crippen molar-refractivity contribution in [3.8, 4) is 0 Å². The van der Waals surface area contributed by atoms with Gasteiger partial charge in [-0.25, -0.2) is 8.42 Å². The molecule has 8 heteroatoms. The zero-order valence-electron chi connectivity index (χ0n) is 18.7. The molecular weight excluding hydrogens is 428 g/mol. The predicted molar refractivity (Wildman–Crippen MR) is 123 cm³/mol. The Hall–Kier alpha value is -2.68. The van der Waals surface area contributed by atoms with Gasteiger partial charge in [0.05, 0.1) is 29.8 Å². The summed E-state index contributed by atoms with van der Waals surface area (Å²) in [5.41, 5.74) is 4.31. The quantitative estimate of drug-likeness (QED) is 0.626. The minimum absolute atomic E-state index is 0.154. The van der Waals surface area contributed by atoms with Crippen LogP contribution in [0.15, 0.2) is 52.0 Å². The van der Waals surface area contributed by atoms with Gasteiger partial charge in [-0.2, -0.15) is 4.31 Å². The van der Waals surface area contributed by atoms with Crippen molar-refractivity contribution in [2.75, 3.05) is 18.4 Å². The summed E-state index contributed by atoms with van der Waals surface area (Å²) in [5.74, 6) is -0.195. The van der Waals surface area contributed by atoms with Crippen LogP contribution < -0.4 is 5.32 Å². The number of anilines is 1. The molecule has 1 aliphatic heterocycles. The first kappa shape index (κ1) is 22.5. The molecule has 0 saturated carbocycles. The lowest BCUT2D eigenvalue weighted by Gasteiger charge is -2.34. The van der Waals surface area contributed by atoms with Crippen molar-refractivity contribution in [3.63, 3.8) is 0 Å². The molecule has 2 unspecified atom stereocenters. The SMILES string of the molecule is Cc1cc(C)c2c(CC(=O)Nc3ccc(S(=O)(=O)N4CC(C)OC(C)C4)cc3)coc2c1. The molecule has 2 aromatic carbocycles. The maximum atomic E-state index is 13.0. The highest BCUT2D eigenvalue weighted by Crippen LogP contribution is 2.27. The average Bonchev–Trinajstić information content (AvgIpc) is 3.10. The molecule has 4 rings (SSSR count). The number of furan rings is 1. The van der Waals surface area contributed by atoms with Gasteiger partial charge in [-0.05, 0) is 69.2 Å². The van der Waals surface area contributed by atoms with E-state index in [1.807, 2.05) is 33.8 Å². The number of rotatable bonds is 5. The van der Waals surface area contributed by atoms with E-state index in [1.165, 1.54) is 16.4 Å². The van der Waals surface area contributed by atoms with E-state index in [1.54, 1.807) is 18.4 Å². The molecule has 3 aromatic rings. The Morgan fingerprint density at radius 3 is 2.41 bits per heavy atom. The molecule has 2 heterocycles. The second-order valence-corrected chi connectivity index (χ2v) is 10.5. The van der Waals surface area contributed by atoms with E-state index in [-0.39, 0.29) is 29.4 Å². The predicted octanol–water partition coefficient (Wildman–Crippen LogP) is 4.03. The molecule has 2 atom stereocenters. The number of hydrogen-bond donors (Lipinski definition) is 1. The van der Waals surface area contributed by atoms with Crippen LogP contribution in [0.2, 0.25) is 0 Å². The van der Waals surface area contributed by atoms with Gasteiger partial charge in [0, 0.05) is 29.7 Å². The van der Waals surface area contributed by atoms with Crippen LogP contribution >= 0.6 is 0 Å². The van der Waals surface area contributed by atoms with Gasteiger partial charge in [-0.3, -0.25) is 4.79 Å². The van der Waals surface area contributed by atoms with E-state index < -0.39 is 10.0 Å². The number of amides is 1. The minimum Gasteiger partial charge on any atom is -0.464 e. The lowest BCUT2D eigenvalue weighted by atomic mass is 10.0. The van der Waals surface area contributed by atoms with Crippen molar-refractivity contribution >= 4 is 32.6 Å². The van der Waals surface area contributed by atoms with Crippen LogP contribution in [0.25, 0.3) is 11.0 Å². The van der Waals surface area contributed by atoms with Gasteiger partial charge in [0.1, 0.15) is 5.58 Å². The molecule has 1 aromatic heterocycles. The zero-order chi connectivity index (χ0) is 23.0. The van der Waals surface area contributed by atoms with E-state index in [0.29, 0.717) is 18.8 Å². The Morgan fingerprint density at radius 2 is 1.75 bits per heavy atom. The van der Waals surface area contributed by atoms with Crippen LogP contribution in [-0.2, 0) is 26.0 Å². The standard InChI is InChI=1S/C24H28N2O5S/c1-15-9-16(2)24-19(14-30-22(24)10-15)11-23(27)25-20-5-7-21(8-6-20)32(28,29)26-12-17(3)31-18(4)13-26/h5-10,14,17-18H,11-13H2,1-4H3,(H,25,27). The topological polar surface area (TPSA) is 88.9 Å². The Labute approximate surface area is 188 Å². The van der Waals surface area contributed by atoms with Gasteiger partial charge in [-0.1, -0.05) is 6.07 Å². The number of aryl methyl sites for hydroxylation is 2. The molecule has 1 amide bonds. The van der Waals surface area contributed by atoms with Gasteiger partial charge in [-0.15, -0.1) is 0 Å². The van der Waals surface area contributed by atoms with Gasteiger partial charge in [0.15, 0.2) is 0 Å². The van der Waals surface area contributed by atoms with Crippen molar-refractivity contribution in [1.82, 2.24) is 4.31 Å². The molecule has 1 fully saturated rings. The van der Waals surface area contributed by atoms with Crippen molar-refractivity contribution < 1.29 is 22.4 Å². The van der Waals surface area contributed by atoms with Crippen LogP contribution in [0.3, 0.4) is 0 Å². The first-order valence-corrected chi connectivity index (χ1v) is 12.1. The summed E-state index contributed by atoms with van der Waals surface area (Å²) < 4.78 is 38.7. The van der Waals surface area contributed by atoms with Gasteiger partial charge < -0.3 is 14.5 Å². The summed E-state index contributed by atoms with van der Waals surface area (Å²) in [5, 5.41) is 3.80. The van der Waals surface area contributed by atoms with Crippen molar-refractivity contribution in [3.05, 3.63) is 59.4 Å². The van der Waals surface area contributed by atoms with Crippen LogP contribution in [0.5, 0.6) is 0 Å². The minimum atomic E-state index is -3.62. The summed E-state index contributed by atoms with van der Waals surface area (Å²) in [6.07, 6.45) is 1.48. The summed E-state index contributed by atoms with van der Waals surface area (Å²) in [6, 6.07) is 10.3. The molecule has 0 aliphatic carbocycles. The Bertz CT molecular complexity index is 1240. The van der Waals surface area contributed by atoms with Gasteiger partial charge >= 0.3 is 0 Å².